The standard InChI is InChI=1S/C17H29N3O/c1-13(2)21-17-11-15(18)10-16(12-17)19-7-4-14-5-8-20(3)9-6-14/h10-14,19H,4-9,18H2,1-3H3. The lowest BCUT2D eigenvalue weighted by molar-refractivity contribution is 0.215. The lowest BCUT2D eigenvalue weighted by Crippen LogP contribution is -2.30. The van der Waals surface area contributed by atoms with Crippen molar-refractivity contribution >= 4 is 11.4 Å². The van der Waals surface area contributed by atoms with E-state index < -0.39 is 0 Å². The molecule has 4 heteroatoms. The minimum absolute atomic E-state index is 0.166. The van der Waals surface area contributed by atoms with Gasteiger partial charge in [-0.1, -0.05) is 0 Å². The van der Waals surface area contributed by atoms with E-state index in [-0.39, 0.29) is 6.10 Å². The quantitative estimate of drug-likeness (QED) is 0.790. The molecule has 0 atom stereocenters. The zero-order chi connectivity index (χ0) is 15.2. The molecule has 0 aromatic heterocycles. The van der Waals surface area contributed by atoms with Gasteiger partial charge in [-0.05, 0) is 65.2 Å². The summed E-state index contributed by atoms with van der Waals surface area (Å²) in [6, 6.07) is 5.88. The Hall–Kier alpha value is -1.42. The molecule has 118 valence electrons. The van der Waals surface area contributed by atoms with Crippen molar-refractivity contribution in [1.82, 2.24) is 4.90 Å². The van der Waals surface area contributed by atoms with Crippen LogP contribution in [0, 0.1) is 5.92 Å². The number of likely N-dealkylation sites (tertiary alicyclic amines) is 1. The second kappa shape index (κ2) is 7.55. The first kappa shape index (κ1) is 16.0. The van der Waals surface area contributed by atoms with Gasteiger partial charge in [0.25, 0.3) is 0 Å². The van der Waals surface area contributed by atoms with Crippen LogP contribution < -0.4 is 15.8 Å². The first-order chi connectivity index (χ1) is 10.0. The third-order valence-electron chi connectivity index (χ3n) is 4.02. The fourth-order valence-electron chi connectivity index (χ4n) is 2.84. The summed E-state index contributed by atoms with van der Waals surface area (Å²) in [6.45, 7) is 7.51. The number of piperidine rings is 1. The molecule has 1 fully saturated rings. The van der Waals surface area contributed by atoms with E-state index in [4.69, 9.17) is 10.5 Å². The predicted octanol–water partition coefficient (Wildman–Crippen LogP) is 3.20. The molecule has 1 aliphatic rings. The van der Waals surface area contributed by atoms with Gasteiger partial charge in [-0.15, -0.1) is 0 Å². The molecule has 0 amide bonds. The van der Waals surface area contributed by atoms with Crippen molar-refractivity contribution in [2.24, 2.45) is 5.92 Å². The van der Waals surface area contributed by atoms with Crippen molar-refractivity contribution in [1.29, 1.82) is 0 Å². The van der Waals surface area contributed by atoms with Crippen LogP contribution in [0.1, 0.15) is 33.1 Å². The van der Waals surface area contributed by atoms with E-state index >= 15 is 0 Å². The van der Waals surface area contributed by atoms with Crippen LogP contribution >= 0.6 is 0 Å². The molecule has 1 aromatic carbocycles. The monoisotopic (exact) mass is 291 g/mol. The molecule has 0 aliphatic carbocycles. The molecule has 3 N–H and O–H groups in total. The van der Waals surface area contributed by atoms with E-state index in [0.717, 1.165) is 29.6 Å². The van der Waals surface area contributed by atoms with Crippen LogP contribution in [-0.4, -0.2) is 37.7 Å². The van der Waals surface area contributed by atoms with Gasteiger partial charge in [0.05, 0.1) is 6.10 Å². The van der Waals surface area contributed by atoms with Crippen LogP contribution in [0.3, 0.4) is 0 Å². The minimum Gasteiger partial charge on any atom is -0.491 e. The summed E-state index contributed by atoms with van der Waals surface area (Å²) in [6.07, 6.45) is 4.02. The Morgan fingerprint density at radius 3 is 2.67 bits per heavy atom. The second-order valence-electron chi connectivity index (χ2n) is 6.42. The van der Waals surface area contributed by atoms with Gasteiger partial charge >= 0.3 is 0 Å². The second-order valence-corrected chi connectivity index (χ2v) is 6.42. The molecule has 0 radical (unpaired) electrons. The van der Waals surface area contributed by atoms with E-state index in [2.05, 4.69) is 17.3 Å². The van der Waals surface area contributed by atoms with Crippen LogP contribution in [0.25, 0.3) is 0 Å². The summed E-state index contributed by atoms with van der Waals surface area (Å²) >= 11 is 0. The Morgan fingerprint density at radius 1 is 1.29 bits per heavy atom. The number of ether oxygens (including phenoxy) is 1. The zero-order valence-electron chi connectivity index (χ0n) is 13.6. The lowest BCUT2D eigenvalue weighted by Gasteiger charge is -2.29. The van der Waals surface area contributed by atoms with E-state index in [1.165, 1.54) is 32.4 Å². The number of nitrogen functional groups attached to an aromatic ring is 1. The molecular formula is C17H29N3O. The Morgan fingerprint density at radius 2 is 2.00 bits per heavy atom. The Balaban J connectivity index is 1.81. The van der Waals surface area contributed by atoms with Crippen molar-refractivity contribution in [3.63, 3.8) is 0 Å². The van der Waals surface area contributed by atoms with Crippen LogP contribution in [0.2, 0.25) is 0 Å². The summed E-state index contributed by atoms with van der Waals surface area (Å²) < 4.78 is 5.72. The average molecular weight is 291 g/mol. The van der Waals surface area contributed by atoms with E-state index in [1.54, 1.807) is 0 Å². The fraction of sp³-hybridized carbons (Fsp3) is 0.647. The molecule has 21 heavy (non-hydrogen) atoms. The number of nitrogens with two attached hydrogens (primary N) is 1. The highest BCUT2D eigenvalue weighted by Gasteiger charge is 2.15. The number of anilines is 2. The van der Waals surface area contributed by atoms with Gasteiger partial charge in [-0.25, -0.2) is 0 Å². The molecule has 4 nitrogen and oxygen atoms in total. The highest BCUT2D eigenvalue weighted by atomic mass is 16.5. The Kier molecular flexibility index (Phi) is 5.74. The van der Waals surface area contributed by atoms with Crippen molar-refractivity contribution in [2.45, 2.75) is 39.2 Å². The molecule has 1 heterocycles. The first-order valence-electron chi connectivity index (χ1n) is 8.02. The minimum atomic E-state index is 0.166. The average Bonchev–Trinajstić information content (AvgIpc) is 2.39. The molecule has 0 unspecified atom stereocenters. The number of rotatable bonds is 6. The zero-order valence-corrected chi connectivity index (χ0v) is 13.6. The van der Waals surface area contributed by atoms with Gasteiger partial charge in [-0.2, -0.15) is 0 Å². The van der Waals surface area contributed by atoms with Gasteiger partial charge in [0.1, 0.15) is 5.75 Å². The summed E-state index contributed by atoms with van der Waals surface area (Å²) in [4.78, 5) is 2.41. The number of hydrogen-bond donors (Lipinski definition) is 2. The molecule has 0 spiro atoms. The normalized spacial score (nSPS) is 17.1. The summed E-state index contributed by atoms with van der Waals surface area (Å²) in [7, 11) is 2.21. The largest absolute Gasteiger partial charge is 0.491 e. The van der Waals surface area contributed by atoms with Crippen molar-refractivity contribution in [2.75, 3.05) is 37.7 Å². The van der Waals surface area contributed by atoms with E-state index in [0.29, 0.717) is 0 Å². The number of benzene rings is 1. The topological polar surface area (TPSA) is 50.5 Å². The molecule has 1 aromatic rings. The van der Waals surface area contributed by atoms with E-state index in [9.17, 15) is 0 Å². The molecule has 1 saturated heterocycles. The molecule has 2 rings (SSSR count). The smallest absolute Gasteiger partial charge is 0.123 e. The Labute approximate surface area is 128 Å². The van der Waals surface area contributed by atoms with Crippen LogP contribution in [0.4, 0.5) is 11.4 Å². The maximum Gasteiger partial charge on any atom is 0.123 e. The van der Waals surface area contributed by atoms with Crippen LogP contribution in [-0.2, 0) is 0 Å². The van der Waals surface area contributed by atoms with Gasteiger partial charge in [-0.3, -0.25) is 0 Å². The lowest BCUT2D eigenvalue weighted by atomic mass is 9.94. The van der Waals surface area contributed by atoms with Crippen LogP contribution in [0.15, 0.2) is 18.2 Å². The highest BCUT2D eigenvalue weighted by molar-refractivity contribution is 5.59. The number of nitrogens with one attached hydrogen (secondary N) is 1. The highest BCUT2D eigenvalue weighted by Crippen LogP contribution is 2.24. The molecule has 0 bridgehead atoms. The summed E-state index contributed by atoms with van der Waals surface area (Å²) in [5, 5.41) is 3.48. The maximum atomic E-state index is 5.94. The van der Waals surface area contributed by atoms with Crippen LogP contribution in [0.5, 0.6) is 5.75 Å². The molecule has 1 aliphatic heterocycles. The van der Waals surface area contributed by atoms with Gasteiger partial charge in [0.15, 0.2) is 0 Å². The van der Waals surface area contributed by atoms with Gasteiger partial charge in [0.2, 0.25) is 0 Å². The third kappa shape index (κ3) is 5.46. The van der Waals surface area contributed by atoms with Gasteiger partial charge < -0.3 is 20.7 Å². The van der Waals surface area contributed by atoms with Crippen molar-refractivity contribution < 1.29 is 4.74 Å². The number of nitrogens with zero attached hydrogens (tertiary/aromatic N) is 1. The Bertz CT molecular complexity index is 440. The first-order valence-corrected chi connectivity index (χ1v) is 8.02. The van der Waals surface area contributed by atoms with E-state index in [1.807, 2.05) is 32.0 Å². The SMILES string of the molecule is CC(C)Oc1cc(N)cc(NCCC2CCN(C)CC2)c1. The fourth-order valence-corrected chi connectivity index (χ4v) is 2.84. The number of hydrogen-bond acceptors (Lipinski definition) is 4. The predicted molar refractivity (Wildman–Crippen MR) is 89.9 cm³/mol. The van der Waals surface area contributed by atoms with Gasteiger partial charge in [0, 0.05) is 30.1 Å². The summed E-state index contributed by atoms with van der Waals surface area (Å²) in [5.41, 5.74) is 7.74. The molecule has 0 saturated carbocycles. The van der Waals surface area contributed by atoms with Crippen molar-refractivity contribution in [3.8, 4) is 5.75 Å². The maximum absolute atomic E-state index is 5.94. The third-order valence-corrected chi connectivity index (χ3v) is 4.02. The molecular weight excluding hydrogens is 262 g/mol. The van der Waals surface area contributed by atoms with Crippen molar-refractivity contribution in [3.05, 3.63) is 18.2 Å². The summed E-state index contributed by atoms with van der Waals surface area (Å²) in [5.74, 6) is 1.69.